The molecule has 1 saturated heterocycles. The third-order valence-electron chi connectivity index (χ3n) is 4.44. The lowest BCUT2D eigenvalue weighted by atomic mass is 10.0. The summed E-state index contributed by atoms with van der Waals surface area (Å²) in [5, 5.41) is 9.76. The van der Waals surface area contributed by atoms with Gasteiger partial charge in [0.2, 0.25) is 0 Å². The number of aromatic hydroxyl groups is 1. The second-order valence-corrected chi connectivity index (χ2v) is 6.15. The molecule has 0 unspecified atom stereocenters. The lowest BCUT2D eigenvalue weighted by Gasteiger charge is -2.22. The van der Waals surface area contributed by atoms with Crippen molar-refractivity contribution in [1.82, 2.24) is 4.90 Å². The molecule has 1 aliphatic heterocycles. The first-order valence-electron chi connectivity index (χ1n) is 8.23. The van der Waals surface area contributed by atoms with E-state index in [-0.39, 0.29) is 17.9 Å². The number of amides is 1. The molecule has 7 heteroatoms. The van der Waals surface area contributed by atoms with Crippen LogP contribution in [0.3, 0.4) is 0 Å². The van der Waals surface area contributed by atoms with Crippen molar-refractivity contribution in [3.8, 4) is 17.2 Å². The predicted octanol–water partition coefficient (Wildman–Crippen LogP) is 2.56. The number of anilines is 1. The Morgan fingerprint density at radius 2 is 1.88 bits per heavy atom. The Morgan fingerprint density at radius 1 is 1.15 bits per heavy atom. The summed E-state index contributed by atoms with van der Waals surface area (Å²) in [4.78, 5) is 13.8. The molecule has 1 aliphatic rings. The minimum atomic E-state index is -0.369. The van der Waals surface area contributed by atoms with Gasteiger partial charge < -0.3 is 25.1 Å². The average molecular weight is 358 g/mol. The van der Waals surface area contributed by atoms with E-state index in [2.05, 4.69) is 0 Å². The summed E-state index contributed by atoms with van der Waals surface area (Å²) < 4.78 is 15.8. The van der Waals surface area contributed by atoms with Crippen molar-refractivity contribution >= 4 is 11.8 Å². The maximum absolute atomic E-state index is 12.1. The van der Waals surface area contributed by atoms with Gasteiger partial charge in [-0.15, -0.1) is 0 Å². The number of carbonyl (C=O) groups is 1. The molecule has 0 radical (unpaired) electrons. The highest BCUT2D eigenvalue weighted by molar-refractivity contribution is 5.70. The zero-order valence-corrected chi connectivity index (χ0v) is 14.8. The second-order valence-electron chi connectivity index (χ2n) is 6.15. The summed E-state index contributed by atoms with van der Waals surface area (Å²) in [6.45, 7) is 0.652. The zero-order valence-electron chi connectivity index (χ0n) is 14.8. The van der Waals surface area contributed by atoms with Crippen LogP contribution in [0.15, 0.2) is 36.4 Å². The van der Waals surface area contributed by atoms with Crippen molar-refractivity contribution in [2.75, 3.05) is 26.6 Å². The van der Waals surface area contributed by atoms with E-state index < -0.39 is 0 Å². The largest absolute Gasteiger partial charge is 0.506 e. The number of benzene rings is 2. The normalized spacial score (nSPS) is 16.5. The fourth-order valence-electron chi connectivity index (χ4n) is 3.02. The van der Waals surface area contributed by atoms with Gasteiger partial charge in [0.15, 0.2) is 11.5 Å². The van der Waals surface area contributed by atoms with Crippen LogP contribution < -0.4 is 15.2 Å². The summed E-state index contributed by atoms with van der Waals surface area (Å²) >= 11 is 0. The van der Waals surface area contributed by atoms with Gasteiger partial charge in [-0.2, -0.15) is 0 Å². The summed E-state index contributed by atoms with van der Waals surface area (Å²) in [7, 11) is 3.18. The number of hydrogen-bond donors (Lipinski definition) is 2. The minimum absolute atomic E-state index is 0.00602. The first-order valence-corrected chi connectivity index (χ1v) is 8.23. The van der Waals surface area contributed by atoms with E-state index in [0.29, 0.717) is 36.8 Å². The molecule has 1 amide bonds. The lowest BCUT2D eigenvalue weighted by molar-refractivity contribution is 0.156. The number of phenolic OH excluding ortho intramolecular Hbond substituents is 1. The Kier molecular flexibility index (Phi) is 5.06. The fraction of sp³-hybridized carbons (Fsp3) is 0.316. The molecule has 0 bridgehead atoms. The Balaban J connectivity index is 1.76. The van der Waals surface area contributed by atoms with Gasteiger partial charge in [-0.3, -0.25) is 4.90 Å². The molecule has 3 N–H and O–H groups in total. The molecule has 1 fully saturated rings. The standard InChI is InChI=1S/C19H22N2O5/c1-24-17-6-4-12(9-18(17)25-2)7-14-11-26-19(23)21(14)10-13-3-5-15(20)16(22)8-13/h3-6,8-9,14,22H,7,10-11,20H2,1-2H3/t14-/m0/s1. The van der Waals surface area contributed by atoms with E-state index in [1.54, 1.807) is 37.3 Å². The van der Waals surface area contributed by atoms with Crippen LogP contribution in [0.5, 0.6) is 17.2 Å². The van der Waals surface area contributed by atoms with Crippen LogP contribution in [0.4, 0.5) is 10.5 Å². The SMILES string of the molecule is COc1ccc(C[C@H]2COC(=O)N2Cc2ccc(N)c(O)c2)cc1OC. The number of nitrogens with two attached hydrogens (primary N) is 1. The number of ether oxygens (including phenoxy) is 3. The number of rotatable bonds is 6. The highest BCUT2D eigenvalue weighted by atomic mass is 16.6. The molecule has 0 aromatic heterocycles. The summed E-state index contributed by atoms with van der Waals surface area (Å²) in [5.41, 5.74) is 7.73. The fourth-order valence-corrected chi connectivity index (χ4v) is 3.02. The molecular weight excluding hydrogens is 336 g/mol. The number of nitrogen functional groups attached to an aromatic ring is 1. The Hall–Kier alpha value is -3.09. The van der Waals surface area contributed by atoms with Crippen LogP contribution in [-0.2, 0) is 17.7 Å². The van der Waals surface area contributed by atoms with Gasteiger partial charge >= 0.3 is 6.09 Å². The molecule has 0 spiro atoms. The molecule has 0 saturated carbocycles. The average Bonchev–Trinajstić information content (AvgIpc) is 2.98. The molecule has 3 rings (SSSR count). The lowest BCUT2D eigenvalue weighted by Crippen LogP contribution is -2.34. The number of carbonyl (C=O) groups excluding carboxylic acids is 1. The van der Waals surface area contributed by atoms with Gasteiger partial charge in [-0.05, 0) is 41.8 Å². The topological polar surface area (TPSA) is 94.3 Å². The van der Waals surface area contributed by atoms with E-state index in [0.717, 1.165) is 11.1 Å². The summed E-state index contributed by atoms with van der Waals surface area (Å²) in [6.07, 6.45) is 0.249. The van der Waals surface area contributed by atoms with E-state index in [4.69, 9.17) is 19.9 Å². The molecule has 0 aliphatic carbocycles. The van der Waals surface area contributed by atoms with Crippen molar-refractivity contribution in [3.05, 3.63) is 47.5 Å². The Morgan fingerprint density at radius 3 is 2.58 bits per heavy atom. The highest BCUT2D eigenvalue weighted by Crippen LogP contribution is 2.30. The molecule has 2 aromatic carbocycles. The van der Waals surface area contributed by atoms with Crippen molar-refractivity contribution in [2.24, 2.45) is 0 Å². The van der Waals surface area contributed by atoms with E-state index in [1.807, 2.05) is 18.2 Å². The van der Waals surface area contributed by atoms with Gasteiger partial charge in [0.25, 0.3) is 0 Å². The third-order valence-corrected chi connectivity index (χ3v) is 4.44. The molecule has 1 atom stereocenters. The van der Waals surface area contributed by atoms with E-state index >= 15 is 0 Å². The number of phenols is 1. The van der Waals surface area contributed by atoms with Gasteiger partial charge in [0, 0.05) is 6.54 Å². The quantitative estimate of drug-likeness (QED) is 0.609. The Bertz CT molecular complexity index is 809. The number of nitrogens with zero attached hydrogens (tertiary/aromatic N) is 1. The number of methoxy groups -OCH3 is 2. The first-order chi connectivity index (χ1) is 12.5. The third kappa shape index (κ3) is 3.61. The van der Waals surface area contributed by atoms with Gasteiger partial charge in [-0.25, -0.2) is 4.79 Å². The van der Waals surface area contributed by atoms with E-state index in [1.165, 1.54) is 0 Å². The van der Waals surface area contributed by atoms with Crippen LogP contribution in [0.1, 0.15) is 11.1 Å². The molecule has 26 heavy (non-hydrogen) atoms. The van der Waals surface area contributed by atoms with Crippen LogP contribution in [0.25, 0.3) is 0 Å². The predicted molar refractivity (Wildman–Crippen MR) is 96.4 cm³/mol. The monoisotopic (exact) mass is 358 g/mol. The molecule has 1 heterocycles. The number of hydrogen-bond acceptors (Lipinski definition) is 6. The maximum Gasteiger partial charge on any atom is 0.410 e. The van der Waals surface area contributed by atoms with Gasteiger partial charge in [0.05, 0.1) is 25.9 Å². The van der Waals surface area contributed by atoms with Crippen molar-refractivity contribution in [2.45, 2.75) is 19.0 Å². The van der Waals surface area contributed by atoms with Crippen LogP contribution >= 0.6 is 0 Å². The van der Waals surface area contributed by atoms with Gasteiger partial charge in [0.1, 0.15) is 12.4 Å². The molecule has 7 nitrogen and oxygen atoms in total. The van der Waals surface area contributed by atoms with Crippen LogP contribution in [0.2, 0.25) is 0 Å². The highest BCUT2D eigenvalue weighted by Gasteiger charge is 2.33. The van der Waals surface area contributed by atoms with E-state index in [9.17, 15) is 9.90 Å². The summed E-state index contributed by atoms with van der Waals surface area (Å²) in [6, 6.07) is 10.5. The first kappa shape index (κ1) is 17.7. The van der Waals surface area contributed by atoms with Crippen molar-refractivity contribution in [3.63, 3.8) is 0 Å². The Labute approximate surface area is 151 Å². The second kappa shape index (κ2) is 7.43. The summed E-state index contributed by atoms with van der Waals surface area (Å²) in [5.74, 6) is 1.31. The van der Waals surface area contributed by atoms with Gasteiger partial charge in [-0.1, -0.05) is 12.1 Å². The van der Waals surface area contributed by atoms with Crippen LogP contribution in [0, 0.1) is 0 Å². The minimum Gasteiger partial charge on any atom is -0.506 e. The molecule has 138 valence electrons. The van der Waals surface area contributed by atoms with Crippen molar-refractivity contribution in [1.29, 1.82) is 0 Å². The molecule has 2 aromatic rings. The van der Waals surface area contributed by atoms with Crippen molar-refractivity contribution < 1.29 is 24.1 Å². The molecular formula is C19H22N2O5. The van der Waals surface area contributed by atoms with Crippen LogP contribution in [-0.4, -0.2) is 43.0 Å². The zero-order chi connectivity index (χ0) is 18.7. The maximum atomic E-state index is 12.1. The smallest absolute Gasteiger partial charge is 0.410 e. The number of cyclic esters (lactones) is 1.